The van der Waals surface area contributed by atoms with E-state index in [9.17, 15) is 4.79 Å². The Labute approximate surface area is 75.1 Å². The highest BCUT2D eigenvalue weighted by Gasteiger charge is 1.99. The fourth-order valence-electron chi connectivity index (χ4n) is 0.381. The number of carboxylic acid groups (broad SMARTS) is 1. The molecule has 0 aliphatic rings. The van der Waals surface area contributed by atoms with Gasteiger partial charge in [0.15, 0.2) is 0 Å². The summed E-state index contributed by atoms with van der Waals surface area (Å²) >= 11 is 6.15. The number of thioether (sulfide) groups is 1. The Morgan fingerprint density at radius 3 is 2.82 bits per heavy atom. The molecule has 3 nitrogen and oxygen atoms in total. The van der Waals surface area contributed by atoms with Crippen LogP contribution >= 0.6 is 24.0 Å². The second kappa shape index (κ2) is 6.42. The third-order valence-corrected chi connectivity index (χ3v) is 1.91. The SMILES string of the molecule is CCSC(=S)OCCC(=O)O. The molecule has 0 rings (SSSR count). The van der Waals surface area contributed by atoms with Gasteiger partial charge in [0, 0.05) is 0 Å². The van der Waals surface area contributed by atoms with Crippen LogP contribution < -0.4 is 0 Å². The van der Waals surface area contributed by atoms with Gasteiger partial charge in [0.1, 0.15) is 6.61 Å². The van der Waals surface area contributed by atoms with Crippen molar-refractivity contribution in [3.05, 3.63) is 0 Å². The molecule has 0 spiro atoms. The number of ether oxygens (including phenoxy) is 1. The van der Waals surface area contributed by atoms with Crippen LogP contribution in [0.3, 0.4) is 0 Å². The molecule has 0 unspecified atom stereocenters. The van der Waals surface area contributed by atoms with Crippen LogP contribution in [0.15, 0.2) is 0 Å². The van der Waals surface area contributed by atoms with Crippen molar-refractivity contribution in [3.8, 4) is 0 Å². The van der Waals surface area contributed by atoms with Crippen molar-refractivity contribution in [1.29, 1.82) is 0 Å². The number of carboxylic acids is 1. The number of rotatable bonds is 4. The summed E-state index contributed by atoms with van der Waals surface area (Å²) in [7, 11) is 0. The van der Waals surface area contributed by atoms with Gasteiger partial charge in [-0.2, -0.15) is 0 Å². The molecule has 0 bridgehead atoms. The van der Waals surface area contributed by atoms with E-state index in [-0.39, 0.29) is 13.0 Å². The fraction of sp³-hybridized carbons (Fsp3) is 0.667. The molecule has 1 N–H and O–H groups in total. The molecule has 0 saturated heterocycles. The second-order valence-electron chi connectivity index (χ2n) is 1.68. The van der Waals surface area contributed by atoms with Gasteiger partial charge in [-0.3, -0.25) is 4.79 Å². The maximum Gasteiger partial charge on any atom is 0.306 e. The Morgan fingerprint density at radius 1 is 1.73 bits per heavy atom. The summed E-state index contributed by atoms with van der Waals surface area (Å²) in [6, 6.07) is 0. The largest absolute Gasteiger partial charge is 0.481 e. The van der Waals surface area contributed by atoms with Crippen LogP contribution in [0.25, 0.3) is 0 Å². The number of thiocarbonyl (C=S) groups is 1. The Morgan fingerprint density at radius 2 is 2.36 bits per heavy atom. The number of aliphatic carboxylic acids is 1. The van der Waals surface area contributed by atoms with Crippen molar-refractivity contribution in [2.24, 2.45) is 0 Å². The number of hydrogen-bond donors (Lipinski definition) is 1. The first-order valence-corrected chi connectivity index (χ1v) is 4.57. The molecule has 0 saturated carbocycles. The van der Waals surface area contributed by atoms with E-state index in [0.29, 0.717) is 4.38 Å². The molecular formula is C6H10O3S2. The molecule has 0 radical (unpaired) electrons. The van der Waals surface area contributed by atoms with Gasteiger partial charge in [0.05, 0.1) is 6.42 Å². The van der Waals surface area contributed by atoms with E-state index in [1.54, 1.807) is 0 Å². The highest BCUT2D eigenvalue weighted by Crippen LogP contribution is 2.04. The zero-order chi connectivity index (χ0) is 8.69. The van der Waals surface area contributed by atoms with Gasteiger partial charge in [-0.25, -0.2) is 0 Å². The van der Waals surface area contributed by atoms with Crippen LogP contribution in [0, 0.1) is 0 Å². The first-order chi connectivity index (χ1) is 5.16. The smallest absolute Gasteiger partial charge is 0.306 e. The van der Waals surface area contributed by atoms with Crippen LogP contribution in [0.1, 0.15) is 13.3 Å². The minimum Gasteiger partial charge on any atom is -0.481 e. The zero-order valence-corrected chi connectivity index (χ0v) is 7.83. The highest BCUT2D eigenvalue weighted by atomic mass is 32.2. The topological polar surface area (TPSA) is 46.5 Å². The van der Waals surface area contributed by atoms with E-state index < -0.39 is 5.97 Å². The molecule has 11 heavy (non-hydrogen) atoms. The van der Waals surface area contributed by atoms with Gasteiger partial charge in [-0.05, 0) is 18.0 Å². The molecule has 5 heteroatoms. The van der Waals surface area contributed by atoms with E-state index >= 15 is 0 Å². The van der Waals surface area contributed by atoms with E-state index in [0.717, 1.165) is 5.75 Å². The fourth-order valence-corrected chi connectivity index (χ4v) is 1.22. The molecule has 64 valence electrons. The molecule has 0 atom stereocenters. The molecular weight excluding hydrogens is 184 g/mol. The monoisotopic (exact) mass is 194 g/mol. The molecule has 0 aromatic carbocycles. The Bertz CT molecular complexity index is 147. The maximum atomic E-state index is 10.0. The molecule has 0 fully saturated rings. The van der Waals surface area contributed by atoms with Gasteiger partial charge in [0.25, 0.3) is 0 Å². The molecule has 0 amide bonds. The summed E-state index contributed by atoms with van der Waals surface area (Å²) in [4.78, 5) is 10.0. The predicted octanol–water partition coefficient (Wildman–Crippen LogP) is 1.52. The van der Waals surface area contributed by atoms with Crippen LogP contribution in [0.4, 0.5) is 0 Å². The lowest BCUT2D eigenvalue weighted by Gasteiger charge is -2.02. The first-order valence-electron chi connectivity index (χ1n) is 3.18. The lowest BCUT2D eigenvalue weighted by molar-refractivity contribution is -0.137. The van der Waals surface area contributed by atoms with E-state index in [2.05, 4.69) is 0 Å². The summed E-state index contributed by atoms with van der Waals surface area (Å²) < 4.78 is 5.33. The molecule has 0 heterocycles. The minimum atomic E-state index is -0.866. The zero-order valence-electron chi connectivity index (χ0n) is 6.20. The first kappa shape index (κ1) is 10.7. The third kappa shape index (κ3) is 7.61. The third-order valence-electron chi connectivity index (χ3n) is 0.798. The molecule has 0 aromatic heterocycles. The van der Waals surface area contributed by atoms with Crippen molar-refractivity contribution in [1.82, 2.24) is 0 Å². The average molecular weight is 194 g/mol. The van der Waals surface area contributed by atoms with Crippen molar-refractivity contribution < 1.29 is 14.6 Å². The lowest BCUT2D eigenvalue weighted by atomic mass is 10.5. The normalized spacial score (nSPS) is 9.18. The Hall–Kier alpha value is -0.290. The molecule has 0 aliphatic heterocycles. The second-order valence-corrected chi connectivity index (χ2v) is 3.54. The van der Waals surface area contributed by atoms with E-state index in [1.807, 2.05) is 6.92 Å². The standard InChI is InChI=1S/C6H10O3S2/c1-2-11-6(10)9-4-3-5(7)8/h2-4H2,1H3,(H,7,8). The van der Waals surface area contributed by atoms with Crippen molar-refractivity contribution in [2.75, 3.05) is 12.4 Å². The summed E-state index contributed by atoms with van der Waals surface area (Å²) in [6.45, 7) is 2.12. The van der Waals surface area contributed by atoms with Crippen LogP contribution in [-0.2, 0) is 9.53 Å². The summed E-state index contributed by atoms with van der Waals surface area (Å²) in [5.41, 5.74) is 0. The minimum absolute atomic E-state index is 0.00438. The summed E-state index contributed by atoms with van der Waals surface area (Å²) in [6.07, 6.45) is 0.00438. The van der Waals surface area contributed by atoms with Gasteiger partial charge < -0.3 is 9.84 Å². The van der Waals surface area contributed by atoms with Gasteiger partial charge in [0.2, 0.25) is 4.38 Å². The highest BCUT2D eigenvalue weighted by molar-refractivity contribution is 8.22. The molecule has 0 aliphatic carbocycles. The number of hydrogen-bond acceptors (Lipinski definition) is 4. The van der Waals surface area contributed by atoms with E-state index in [1.165, 1.54) is 11.8 Å². The Balaban J connectivity index is 3.24. The van der Waals surface area contributed by atoms with Crippen LogP contribution in [0.5, 0.6) is 0 Å². The van der Waals surface area contributed by atoms with Crippen LogP contribution in [-0.4, -0.2) is 27.8 Å². The average Bonchev–Trinajstić information content (AvgIpc) is 1.87. The van der Waals surface area contributed by atoms with Crippen molar-refractivity contribution in [3.63, 3.8) is 0 Å². The predicted molar refractivity (Wildman–Crippen MR) is 48.9 cm³/mol. The lowest BCUT2D eigenvalue weighted by Crippen LogP contribution is -2.05. The maximum absolute atomic E-state index is 10.0. The summed E-state index contributed by atoms with van der Waals surface area (Å²) in [5.74, 6) is -0.0133. The summed E-state index contributed by atoms with van der Waals surface area (Å²) in [5, 5.41) is 8.23. The molecule has 0 aromatic rings. The van der Waals surface area contributed by atoms with Crippen molar-refractivity contribution in [2.45, 2.75) is 13.3 Å². The Kier molecular flexibility index (Phi) is 6.25. The van der Waals surface area contributed by atoms with E-state index in [4.69, 9.17) is 22.1 Å². The van der Waals surface area contributed by atoms with Gasteiger partial charge in [-0.15, -0.1) is 0 Å². The van der Waals surface area contributed by atoms with Gasteiger partial charge >= 0.3 is 5.97 Å². The van der Waals surface area contributed by atoms with Gasteiger partial charge in [-0.1, -0.05) is 18.7 Å². The van der Waals surface area contributed by atoms with Crippen molar-refractivity contribution >= 4 is 34.3 Å². The number of carbonyl (C=O) groups is 1. The quantitative estimate of drug-likeness (QED) is 0.687. The van der Waals surface area contributed by atoms with Crippen LogP contribution in [0.2, 0.25) is 0 Å².